The summed E-state index contributed by atoms with van der Waals surface area (Å²) in [5.74, 6) is -4.45. The zero-order valence-corrected chi connectivity index (χ0v) is 50.0. The van der Waals surface area contributed by atoms with Gasteiger partial charge >= 0.3 is 0 Å². The summed E-state index contributed by atoms with van der Waals surface area (Å²) in [6.07, 6.45) is -0.419. The lowest BCUT2D eigenvalue weighted by Gasteiger charge is -2.14. The van der Waals surface area contributed by atoms with Crippen LogP contribution in [0, 0.1) is 18.3 Å². The number of nitrogens with zero attached hydrogens (tertiary/aromatic N) is 10. The fourth-order valence-electron chi connectivity index (χ4n) is 8.32. The number of fused-ring (bicyclic) bond motifs is 6. The number of amides is 2. The molecule has 39 heteroatoms. The number of thioether (sulfide) groups is 1. The lowest BCUT2D eigenvalue weighted by molar-refractivity contribution is -0.115. The van der Waals surface area contributed by atoms with E-state index in [-0.39, 0.29) is 103 Å². The van der Waals surface area contributed by atoms with Crippen molar-refractivity contribution >= 4 is 168 Å². The second-order valence-electron chi connectivity index (χ2n) is 18.0. The molecule has 86 heavy (non-hydrogen) atoms. The molecule has 0 aliphatic rings. The Kier molecular flexibility index (Phi) is 18.2. The Hall–Kier alpha value is -8.27. The van der Waals surface area contributed by atoms with Crippen LogP contribution in [0.2, 0.25) is 0 Å². The smallest absolute Gasteiger partial charge is 0.299 e. The van der Waals surface area contributed by atoms with Gasteiger partial charge in [0.05, 0.1) is 52.3 Å². The standard InChI is InChI=1S/C47H42N12O20S7/c1-22-27(21-48)45-51-28-9-5-6-10-35(28)59(45)46(62)40(22)57-55-33-17-29(49-23(2)60)31(19-36(33)79-11-7-13-82(63,64)65)53-56-34-18-30(50-24(3)61)32(20-37(34)80-12-8-14-83(66,67)68)54-58-47-52-41-38(84(69,70)71)15-25-26(43(41)81-47)16-39(85(72,73)74)44(42(25)78-4)86(75,76)77/h5-6,9-10,15-20,62H,7-8,11-14H2,1-4H3,(H,49,60)(H,50,61)(H,63,64,65)(H,66,67,68)(H,69,70,71)(H,72,73,74)(H,75,76,77). The highest BCUT2D eigenvalue weighted by Gasteiger charge is 2.33. The molecule has 8 N–H and O–H groups in total. The summed E-state index contributed by atoms with van der Waals surface area (Å²) in [5, 5.41) is 51.2. The lowest BCUT2D eigenvalue weighted by atomic mass is 10.1. The molecule has 0 aliphatic carbocycles. The van der Waals surface area contributed by atoms with E-state index >= 15 is 0 Å². The number of imidazole rings is 1. The van der Waals surface area contributed by atoms with Crippen LogP contribution in [0.25, 0.3) is 37.7 Å². The third kappa shape index (κ3) is 14.3. The number of rotatable bonds is 22. The van der Waals surface area contributed by atoms with E-state index in [0.717, 1.165) is 32.7 Å². The number of aromatic hydroxyl groups is 1. The summed E-state index contributed by atoms with van der Waals surface area (Å²) in [6.45, 7) is 3.37. The molecular formula is C47H42N12O20S7. The summed E-state index contributed by atoms with van der Waals surface area (Å²) < 4.78 is 184. The normalized spacial score (nSPS) is 12.8. The number of hydrogen-bond acceptors (Lipinski definition) is 26. The van der Waals surface area contributed by atoms with E-state index in [1.807, 2.05) is 0 Å². The molecule has 8 aromatic rings. The number of pyridine rings is 1. The Morgan fingerprint density at radius 1 is 0.721 bits per heavy atom. The van der Waals surface area contributed by atoms with Gasteiger partial charge in [-0.15, -0.1) is 42.4 Å². The number of methoxy groups -OCH3 is 1. The van der Waals surface area contributed by atoms with Crippen molar-refractivity contribution in [3.8, 4) is 23.4 Å². The quantitative estimate of drug-likeness (QED) is 0.0136. The molecule has 0 spiro atoms. The molecule has 0 atom stereocenters. The van der Waals surface area contributed by atoms with Crippen molar-refractivity contribution in [1.82, 2.24) is 14.4 Å². The number of azo groups is 3. The van der Waals surface area contributed by atoms with Crippen molar-refractivity contribution < 1.29 is 89.0 Å². The maximum Gasteiger partial charge on any atom is 0.299 e. The number of carbonyl (C=O) groups is 2. The molecule has 0 unspecified atom stereocenters. The number of hydrogen-bond donors (Lipinski definition) is 8. The van der Waals surface area contributed by atoms with Gasteiger partial charge in [0, 0.05) is 41.1 Å². The van der Waals surface area contributed by atoms with E-state index in [2.05, 4.69) is 57.4 Å². The molecule has 0 saturated heterocycles. The first-order valence-electron chi connectivity index (χ1n) is 23.9. The number of aromatic nitrogens is 3. The van der Waals surface area contributed by atoms with E-state index in [4.69, 9.17) is 9.47 Å². The second-order valence-corrected chi connectivity index (χ2v) is 27.4. The molecule has 3 aromatic heterocycles. The molecule has 3 heterocycles. The Morgan fingerprint density at radius 3 is 1.91 bits per heavy atom. The molecule has 32 nitrogen and oxygen atoms in total. The van der Waals surface area contributed by atoms with Gasteiger partial charge in [-0.05, 0) is 68.0 Å². The van der Waals surface area contributed by atoms with Crippen LogP contribution in [0.4, 0.5) is 44.9 Å². The maximum absolute atomic E-state index is 12.8. The molecule has 5 aromatic carbocycles. The number of para-hydroxylation sites is 2. The van der Waals surface area contributed by atoms with E-state index < -0.39 is 116 Å². The third-order valence-electron chi connectivity index (χ3n) is 11.8. The minimum absolute atomic E-state index is 0.0442. The van der Waals surface area contributed by atoms with Crippen LogP contribution in [-0.4, -0.2) is 127 Å². The number of nitrogens with one attached hydrogen (secondary N) is 2. The van der Waals surface area contributed by atoms with Crippen LogP contribution in [0.3, 0.4) is 0 Å². The zero-order chi connectivity index (χ0) is 63.0. The summed E-state index contributed by atoms with van der Waals surface area (Å²) in [4.78, 5) is 30.4. The lowest BCUT2D eigenvalue weighted by Crippen LogP contribution is -2.11. The van der Waals surface area contributed by atoms with Crippen LogP contribution < -0.4 is 20.1 Å². The van der Waals surface area contributed by atoms with Gasteiger partial charge < -0.3 is 25.2 Å². The molecule has 0 aliphatic heterocycles. The number of benzene rings is 5. The number of carbonyl (C=O) groups excluding carboxylic acids is 2. The van der Waals surface area contributed by atoms with Gasteiger partial charge in [-0.2, -0.15) is 47.4 Å². The highest BCUT2D eigenvalue weighted by molar-refractivity contribution is 7.99. The summed E-state index contributed by atoms with van der Waals surface area (Å²) in [7, 11) is -24.4. The van der Waals surface area contributed by atoms with Crippen molar-refractivity contribution in [3.05, 3.63) is 71.8 Å². The van der Waals surface area contributed by atoms with Crippen LogP contribution >= 0.6 is 23.1 Å². The minimum atomic E-state index is -5.55. The van der Waals surface area contributed by atoms with Crippen LogP contribution in [0.5, 0.6) is 17.4 Å². The van der Waals surface area contributed by atoms with Gasteiger partial charge in [0.2, 0.25) is 22.8 Å². The first-order valence-corrected chi connectivity index (χ1v) is 33.3. The van der Waals surface area contributed by atoms with Crippen LogP contribution in [0.1, 0.15) is 37.8 Å². The fraction of sp³-hybridized carbons (Fsp3) is 0.213. The second kappa shape index (κ2) is 24.6. The minimum Gasteiger partial charge on any atom is -0.495 e. The van der Waals surface area contributed by atoms with E-state index in [1.165, 1.54) is 35.6 Å². The van der Waals surface area contributed by atoms with Crippen molar-refractivity contribution in [2.45, 2.75) is 53.2 Å². The molecule has 0 bridgehead atoms. The molecule has 452 valence electrons. The molecule has 0 saturated carbocycles. The van der Waals surface area contributed by atoms with Crippen molar-refractivity contribution in [2.75, 3.05) is 41.6 Å². The molecule has 0 radical (unpaired) electrons. The average molecular weight is 1320 g/mol. The van der Waals surface area contributed by atoms with E-state index in [9.17, 15) is 84.8 Å². The highest BCUT2D eigenvalue weighted by Crippen LogP contribution is 2.48. The first-order chi connectivity index (χ1) is 40.2. The summed E-state index contributed by atoms with van der Waals surface area (Å²) in [5.41, 5.74) is -0.498. The first kappa shape index (κ1) is 63.7. The monoisotopic (exact) mass is 1320 g/mol. The maximum atomic E-state index is 12.8. The molecule has 0 fully saturated rings. The van der Waals surface area contributed by atoms with E-state index in [0.29, 0.717) is 34.5 Å². The Morgan fingerprint density at radius 2 is 1.30 bits per heavy atom. The predicted molar refractivity (Wildman–Crippen MR) is 309 cm³/mol. The van der Waals surface area contributed by atoms with Crippen LogP contribution in [0.15, 0.2) is 111 Å². The van der Waals surface area contributed by atoms with E-state index in [1.54, 1.807) is 24.3 Å². The van der Waals surface area contributed by atoms with Crippen molar-refractivity contribution in [2.24, 2.45) is 30.7 Å². The number of nitriles is 1. The predicted octanol–water partition coefficient (Wildman–Crippen LogP) is 9.07. The third-order valence-corrected chi connectivity index (χ3v) is 18.3. The van der Waals surface area contributed by atoms with Gasteiger partial charge in [0.1, 0.15) is 61.2 Å². The number of anilines is 2. The number of thiazole rings is 1. The van der Waals surface area contributed by atoms with Gasteiger partial charge in [0.25, 0.3) is 50.6 Å². The van der Waals surface area contributed by atoms with Gasteiger partial charge in [-0.1, -0.05) is 23.5 Å². The molecular weight excluding hydrogens is 1280 g/mol. The van der Waals surface area contributed by atoms with Crippen LogP contribution in [-0.2, 0) is 60.2 Å². The molecule has 8 rings (SSSR count). The van der Waals surface area contributed by atoms with Gasteiger partial charge in [-0.25, -0.2) is 9.97 Å². The highest BCUT2D eigenvalue weighted by atomic mass is 32.2. The Bertz CT molecular complexity index is 4910. The van der Waals surface area contributed by atoms with Crippen molar-refractivity contribution in [1.29, 1.82) is 5.26 Å². The topological polar surface area (TPSA) is 497 Å². The summed E-state index contributed by atoms with van der Waals surface area (Å²) >= 11 is 1.41. The average Bonchev–Trinajstić information content (AvgIpc) is 1.34. The molecule has 2 amide bonds. The van der Waals surface area contributed by atoms with Gasteiger partial charge in [0.15, 0.2) is 16.2 Å². The Balaban J connectivity index is 1.28. The SMILES string of the molecule is COc1c(S(=O)(=O)O)c(S(=O)(=O)O)cc2c1cc(S(=O)(=O)O)c1nc(N=Nc3cc(SCCCS(=O)(=O)O)c(N=Nc4cc(OCCCS(=O)(=O)O)c(N=Nc5c(C)c(C#N)c6nc7ccccc7n6c5O)cc4NC(C)=O)cc3NC(C)=O)sc12. The largest absolute Gasteiger partial charge is 0.495 e. The van der Waals surface area contributed by atoms with Gasteiger partial charge in [-0.3, -0.25) is 36.8 Å². The Labute approximate surface area is 494 Å². The fourth-order valence-corrected chi connectivity index (χ4v) is 14.1. The number of ether oxygens (including phenoxy) is 2. The zero-order valence-electron chi connectivity index (χ0n) is 44.2. The summed E-state index contributed by atoms with van der Waals surface area (Å²) in [6, 6.07) is 14.9. The van der Waals surface area contributed by atoms with Crippen molar-refractivity contribution in [3.63, 3.8) is 0 Å².